The Kier molecular flexibility index (Phi) is 3.83. The highest BCUT2D eigenvalue weighted by Gasteiger charge is 2.16. The molecule has 0 unspecified atom stereocenters. The quantitative estimate of drug-likeness (QED) is 0.451. The van der Waals surface area contributed by atoms with Crippen molar-refractivity contribution >= 4 is 0 Å². The summed E-state index contributed by atoms with van der Waals surface area (Å²) in [5.74, 6) is 0.700. The van der Waals surface area contributed by atoms with Crippen molar-refractivity contribution in [1.29, 1.82) is 0 Å². The molecular formula is C8H17NO2. The molecule has 3 heteroatoms. The summed E-state index contributed by atoms with van der Waals surface area (Å²) in [6.45, 7) is 3.14. The molecule has 1 aliphatic heterocycles. The molecule has 1 saturated heterocycles. The number of piperidine rings is 1. The third-order valence-electron chi connectivity index (χ3n) is 2.26. The first-order valence-electron chi connectivity index (χ1n) is 4.17. The average molecular weight is 159 g/mol. The van der Waals surface area contributed by atoms with Crippen LogP contribution in [-0.2, 0) is 9.78 Å². The van der Waals surface area contributed by atoms with E-state index < -0.39 is 0 Å². The molecule has 3 nitrogen and oxygen atoms in total. The van der Waals surface area contributed by atoms with E-state index in [0.717, 1.165) is 6.61 Å². The van der Waals surface area contributed by atoms with Crippen LogP contribution in [0.5, 0.6) is 0 Å². The molecule has 0 saturated carbocycles. The fraction of sp³-hybridized carbons (Fsp3) is 1.00. The van der Waals surface area contributed by atoms with E-state index >= 15 is 0 Å². The Morgan fingerprint density at radius 3 is 2.55 bits per heavy atom. The van der Waals surface area contributed by atoms with Crippen LogP contribution in [0.3, 0.4) is 0 Å². The highest BCUT2D eigenvalue weighted by atomic mass is 17.2. The topological polar surface area (TPSA) is 21.7 Å². The highest BCUT2D eigenvalue weighted by Crippen LogP contribution is 2.15. The molecule has 11 heavy (non-hydrogen) atoms. The average Bonchev–Trinajstić information content (AvgIpc) is 2.04. The summed E-state index contributed by atoms with van der Waals surface area (Å²) < 4.78 is 0. The van der Waals surface area contributed by atoms with Crippen LogP contribution in [0.4, 0.5) is 0 Å². The molecule has 0 aromatic heterocycles. The van der Waals surface area contributed by atoms with Crippen LogP contribution in [0.25, 0.3) is 0 Å². The number of hydrogen-bond acceptors (Lipinski definition) is 3. The summed E-state index contributed by atoms with van der Waals surface area (Å²) in [6.07, 6.45) is 2.47. The normalized spacial score (nSPS) is 22.4. The SMILES string of the molecule is COOCC1CCN(C)CC1. The van der Waals surface area contributed by atoms with Crippen LogP contribution >= 0.6 is 0 Å². The third-order valence-corrected chi connectivity index (χ3v) is 2.26. The van der Waals surface area contributed by atoms with Gasteiger partial charge in [-0.3, -0.25) is 0 Å². The van der Waals surface area contributed by atoms with E-state index in [1.54, 1.807) is 7.11 Å². The summed E-state index contributed by atoms with van der Waals surface area (Å²) in [7, 11) is 3.72. The van der Waals surface area contributed by atoms with E-state index in [-0.39, 0.29) is 0 Å². The number of nitrogens with zero attached hydrogens (tertiary/aromatic N) is 1. The highest BCUT2D eigenvalue weighted by molar-refractivity contribution is 4.68. The molecule has 1 rings (SSSR count). The van der Waals surface area contributed by atoms with Crippen molar-refractivity contribution in [3.05, 3.63) is 0 Å². The van der Waals surface area contributed by atoms with Gasteiger partial charge in [0.1, 0.15) is 0 Å². The Bertz CT molecular complexity index is 97.5. The van der Waals surface area contributed by atoms with Gasteiger partial charge in [-0.2, -0.15) is 0 Å². The van der Waals surface area contributed by atoms with Crippen LogP contribution < -0.4 is 0 Å². The Morgan fingerprint density at radius 1 is 1.36 bits per heavy atom. The van der Waals surface area contributed by atoms with Crippen molar-refractivity contribution in [3.63, 3.8) is 0 Å². The summed E-state index contributed by atoms with van der Waals surface area (Å²) in [5.41, 5.74) is 0. The minimum Gasteiger partial charge on any atom is -0.306 e. The van der Waals surface area contributed by atoms with Crippen molar-refractivity contribution in [1.82, 2.24) is 4.90 Å². The molecule has 0 amide bonds. The minimum absolute atomic E-state index is 0.700. The first-order chi connectivity index (χ1) is 5.33. The van der Waals surface area contributed by atoms with E-state index in [1.165, 1.54) is 25.9 Å². The molecule has 1 fully saturated rings. The summed E-state index contributed by atoms with van der Waals surface area (Å²) in [6, 6.07) is 0. The van der Waals surface area contributed by atoms with E-state index in [2.05, 4.69) is 16.8 Å². The predicted octanol–water partition coefficient (Wildman–Crippen LogP) is 0.906. The molecule has 0 N–H and O–H groups in total. The second-order valence-corrected chi connectivity index (χ2v) is 3.20. The van der Waals surface area contributed by atoms with Gasteiger partial charge in [0.15, 0.2) is 0 Å². The maximum Gasteiger partial charge on any atom is 0.0851 e. The van der Waals surface area contributed by atoms with E-state index in [1.807, 2.05) is 0 Å². The lowest BCUT2D eigenvalue weighted by Crippen LogP contribution is -2.31. The third kappa shape index (κ3) is 3.18. The van der Waals surface area contributed by atoms with Gasteiger partial charge in [-0.1, -0.05) is 0 Å². The molecule has 0 aliphatic carbocycles. The summed E-state index contributed by atoms with van der Waals surface area (Å²) in [4.78, 5) is 11.8. The van der Waals surface area contributed by atoms with Crippen LogP contribution in [-0.4, -0.2) is 38.8 Å². The number of rotatable bonds is 3. The molecule has 0 spiro atoms. The Labute approximate surface area is 68.2 Å². The minimum atomic E-state index is 0.700. The van der Waals surface area contributed by atoms with Gasteiger partial charge in [0, 0.05) is 0 Å². The Morgan fingerprint density at radius 2 is 2.00 bits per heavy atom. The standard InChI is InChI=1S/C8H17NO2/c1-9-5-3-8(4-6-9)7-11-10-2/h8H,3-7H2,1-2H3. The maximum atomic E-state index is 4.89. The van der Waals surface area contributed by atoms with Crippen molar-refractivity contribution in [2.45, 2.75) is 12.8 Å². The fourth-order valence-corrected chi connectivity index (χ4v) is 1.39. The van der Waals surface area contributed by atoms with E-state index in [9.17, 15) is 0 Å². The van der Waals surface area contributed by atoms with Crippen molar-refractivity contribution < 1.29 is 9.78 Å². The van der Waals surface area contributed by atoms with Crippen molar-refractivity contribution in [2.24, 2.45) is 5.92 Å². The molecular weight excluding hydrogens is 142 g/mol. The van der Waals surface area contributed by atoms with Gasteiger partial charge in [0.2, 0.25) is 0 Å². The zero-order chi connectivity index (χ0) is 8.10. The first kappa shape index (κ1) is 8.97. The molecule has 0 atom stereocenters. The Balaban J connectivity index is 2.07. The van der Waals surface area contributed by atoms with Crippen LogP contribution in [0.2, 0.25) is 0 Å². The van der Waals surface area contributed by atoms with Crippen molar-refractivity contribution in [3.8, 4) is 0 Å². The van der Waals surface area contributed by atoms with Gasteiger partial charge in [-0.15, -0.1) is 0 Å². The first-order valence-corrected chi connectivity index (χ1v) is 4.17. The van der Waals surface area contributed by atoms with Crippen LogP contribution in [0.15, 0.2) is 0 Å². The molecule has 0 aromatic rings. The number of likely N-dealkylation sites (tertiary alicyclic amines) is 1. The molecule has 0 aromatic carbocycles. The Hall–Kier alpha value is -0.120. The zero-order valence-electron chi connectivity index (χ0n) is 7.38. The molecule has 1 aliphatic rings. The largest absolute Gasteiger partial charge is 0.306 e. The molecule has 0 radical (unpaired) electrons. The zero-order valence-corrected chi connectivity index (χ0v) is 7.38. The fourth-order valence-electron chi connectivity index (χ4n) is 1.39. The van der Waals surface area contributed by atoms with Gasteiger partial charge in [-0.25, -0.2) is 9.78 Å². The van der Waals surface area contributed by atoms with E-state index in [0.29, 0.717) is 5.92 Å². The van der Waals surface area contributed by atoms with Gasteiger partial charge in [0.05, 0.1) is 13.7 Å². The van der Waals surface area contributed by atoms with Gasteiger partial charge in [0.25, 0.3) is 0 Å². The smallest absolute Gasteiger partial charge is 0.0851 e. The second-order valence-electron chi connectivity index (χ2n) is 3.20. The molecule has 1 heterocycles. The van der Waals surface area contributed by atoms with Gasteiger partial charge < -0.3 is 4.90 Å². The molecule has 66 valence electrons. The van der Waals surface area contributed by atoms with Crippen LogP contribution in [0, 0.1) is 5.92 Å². The lowest BCUT2D eigenvalue weighted by molar-refractivity contribution is -0.281. The van der Waals surface area contributed by atoms with Crippen LogP contribution in [0.1, 0.15) is 12.8 Å². The van der Waals surface area contributed by atoms with Crippen molar-refractivity contribution in [2.75, 3.05) is 33.9 Å². The maximum absolute atomic E-state index is 4.89. The monoisotopic (exact) mass is 159 g/mol. The summed E-state index contributed by atoms with van der Waals surface area (Å²) in [5, 5.41) is 0. The number of hydrogen-bond donors (Lipinski definition) is 0. The van der Waals surface area contributed by atoms with E-state index in [4.69, 9.17) is 4.89 Å². The lowest BCUT2D eigenvalue weighted by atomic mass is 9.98. The van der Waals surface area contributed by atoms with Gasteiger partial charge >= 0.3 is 0 Å². The van der Waals surface area contributed by atoms with Gasteiger partial charge in [-0.05, 0) is 38.9 Å². The summed E-state index contributed by atoms with van der Waals surface area (Å²) >= 11 is 0. The molecule has 0 bridgehead atoms. The predicted molar refractivity (Wildman–Crippen MR) is 43.2 cm³/mol. The lowest BCUT2D eigenvalue weighted by Gasteiger charge is -2.27. The second kappa shape index (κ2) is 4.70.